The third-order valence-electron chi connectivity index (χ3n) is 3.03. The van der Waals surface area contributed by atoms with Crippen LogP contribution >= 0.6 is 0 Å². The van der Waals surface area contributed by atoms with E-state index in [1.807, 2.05) is 20.8 Å². The molecule has 2 rings (SSSR count). The lowest BCUT2D eigenvalue weighted by atomic mass is 9.91. The summed E-state index contributed by atoms with van der Waals surface area (Å²) in [5.74, 6) is 0.498. The molecule has 1 heterocycles. The fourth-order valence-corrected chi connectivity index (χ4v) is 1.66. The van der Waals surface area contributed by atoms with Crippen LogP contribution in [0.1, 0.15) is 45.1 Å². The molecule has 0 spiro atoms. The molecule has 1 aromatic heterocycles. The minimum absolute atomic E-state index is 0.0323. The first-order valence-electron chi connectivity index (χ1n) is 5.21. The van der Waals surface area contributed by atoms with E-state index in [4.69, 9.17) is 4.52 Å². The van der Waals surface area contributed by atoms with E-state index in [1.165, 1.54) is 6.07 Å². The lowest BCUT2D eigenvalue weighted by Gasteiger charge is -2.16. The van der Waals surface area contributed by atoms with E-state index >= 15 is 0 Å². The molecule has 1 saturated carbocycles. The van der Waals surface area contributed by atoms with Crippen LogP contribution in [-0.2, 0) is 10.8 Å². The molecule has 1 aliphatic carbocycles. The zero-order valence-corrected chi connectivity index (χ0v) is 9.48. The van der Waals surface area contributed by atoms with Gasteiger partial charge in [0.2, 0.25) is 0 Å². The van der Waals surface area contributed by atoms with Gasteiger partial charge in [-0.1, -0.05) is 25.9 Å². The first-order valence-corrected chi connectivity index (χ1v) is 5.21. The molecule has 16 heavy (non-hydrogen) atoms. The fourth-order valence-electron chi connectivity index (χ4n) is 1.66. The zero-order chi connectivity index (χ0) is 12.2. The van der Waals surface area contributed by atoms with Crippen LogP contribution in [-0.4, -0.2) is 11.3 Å². The largest absolute Gasteiger partial charge is 0.400 e. The van der Waals surface area contributed by atoms with Crippen molar-refractivity contribution in [1.82, 2.24) is 5.16 Å². The van der Waals surface area contributed by atoms with Gasteiger partial charge < -0.3 is 4.52 Å². The van der Waals surface area contributed by atoms with E-state index in [-0.39, 0.29) is 24.0 Å². The molecule has 5 heteroatoms. The molecular weight excluding hydrogens is 219 g/mol. The molecule has 1 fully saturated rings. The average Bonchev–Trinajstić information content (AvgIpc) is 2.75. The summed E-state index contributed by atoms with van der Waals surface area (Å²) < 4.78 is 43.4. The highest BCUT2D eigenvalue weighted by Crippen LogP contribution is 2.58. The Labute approximate surface area is 91.8 Å². The van der Waals surface area contributed by atoms with Crippen LogP contribution in [0.2, 0.25) is 0 Å². The van der Waals surface area contributed by atoms with Crippen LogP contribution in [0.3, 0.4) is 0 Å². The summed E-state index contributed by atoms with van der Waals surface area (Å²) in [4.78, 5) is 0. The van der Waals surface area contributed by atoms with E-state index in [0.717, 1.165) is 0 Å². The van der Waals surface area contributed by atoms with Gasteiger partial charge in [-0.05, 0) is 12.8 Å². The molecule has 0 amide bonds. The molecule has 0 aromatic carbocycles. The highest BCUT2D eigenvalue weighted by atomic mass is 19.4. The summed E-state index contributed by atoms with van der Waals surface area (Å²) in [5.41, 5.74) is -2.02. The Hall–Kier alpha value is -1.00. The van der Waals surface area contributed by atoms with E-state index < -0.39 is 11.6 Å². The van der Waals surface area contributed by atoms with Crippen molar-refractivity contribution in [2.45, 2.75) is 50.6 Å². The van der Waals surface area contributed by atoms with E-state index in [1.54, 1.807) is 0 Å². The van der Waals surface area contributed by atoms with Crippen LogP contribution < -0.4 is 0 Å². The number of nitrogens with zero attached hydrogens (tertiary/aromatic N) is 1. The lowest BCUT2D eigenvalue weighted by molar-refractivity contribution is -0.161. The van der Waals surface area contributed by atoms with Crippen LogP contribution in [0.25, 0.3) is 0 Å². The number of alkyl halides is 3. The van der Waals surface area contributed by atoms with Crippen molar-refractivity contribution in [3.63, 3.8) is 0 Å². The minimum atomic E-state index is -4.22. The number of aromatic nitrogens is 1. The fraction of sp³-hybridized carbons (Fsp3) is 0.727. The Balaban J connectivity index is 2.34. The lowest BCUT2D eigenvalue weighted by Crippen LogP contribution is -2.28. The third kappa shape index (κ3) is 1.62. The predicted molar refractivity (Wildman–Crippen MR) is 52.2 cm³/mol. The van der Waals surface area contributed by atoms with E-state index in [0.29, 0.717) is 5.76 Å². The Morgan fingerprint density at radius 2 is 1.81 bits per heavy atom. The topological polar surface area (TPSA) is 26.0 Å². The molecule has 0 aliphatic heterocycles. The molecular formula is C11H14F3NO. The van der Waals surface area contributed by atoms with Gasteiger partial charge in [0.25, 0.3) is 0 Å². The van der Waals surface area contributed by atoms with E-state index in [2.05, 4.69) is 5.16 Å². The van der Waals surface area contributed by atoms with Gasteiger partial charge in [0, 0.05) is 11.5 Å². The summed E-state index contributed by atoms with van der Waals surface area (Å²) in [5, 5.41) is 3.59. The van der Waals surface area contributed by atoms with Crippen molar-refractivity contribution in [1.29, 1.82) is 0 Å². The maximum absolute atomic E-state index is 12.8. The molecule has 0 bridgehead atoms. The number of hydrogen-bond acceptors (Lipinski definition) is 2. The van der Waals surface area contributed by atoms with Crippen molar-refractivity contribution < 1.29 is 17.7 Å². The Bertz CT molecular complexity index is 396. The van der Waals surface area contributed by atoms with Gasteiger partial charge in [-0.2, -0.15) is 13.2 Å². The van der Waals surface area contributed by atoms with Crippen molar-refractivity contribution in [2.24, 2.45) is 0 Å². The number of hydrogen-bond donors (Lipinski definition) is 0. The highest BCUT2D eigenvalue weighted by Gasteiger charge is 2.66. The summed E-state index contributed by atoms with van der Waals surface area (Å²) in [6.45, 7) is 5.64. The zero-order valence-electron chi connectivity index (χ0n) is 9.48. The minimum Gasteiger partial charge on any atom is -0.361 e. The van der Waals surface area contributed by atoms with Gasteiger partial charge >= 0.3 is 6.18 Å². The van der Waals surface area contributed by atoms with Gasteiger partial charge in [0.15, 0.2) is 0 Å². The smallest absolute Gasteiger partial charge is 0.361 e. The molecule has 0 atom stereocenters. The average molecular weight is 233 g/mol. The quantitative estimate of drug-likeness (QED) is 0.741. The van der Waals surface area contributed by atoms with Crippen molar-refractivity contribution in [3.8, 4) is 0 Å². The second-order valence-corrected chi connectivity index (χ2v) is 5.41. The molecule has 0 radical (unpaired) electrons. The van der Waals surface area contributed by atoms with Crippen molar-refractivity contribution in [2.75, 3.05) is 0 Å². The van der Waals surface area contributed by atoms with Crippen LogP contribution in [0.4, 0.5) is 13.2 Å². The maximum atomic E-state index is 12.8. The monoisotopic (exact) mass is 233 g/mol. The summed E-state index contributed by atoms with van der Waals surface area (Å²) in [6.07, 6.45) is -3.99. The number of rotatable bonds is 1. The Morgan fingerprint density at radius 1 is 1.25 bits per heavy atom. The van der Waals surface area contributed by atoms with Crippen LogP contribution in [0.15, 0.2) is 10.6 Å². The Morgan fingerprint density at radius 3 is 2.12 bits per heavy atom. The first-order chi connectivity index (χ1) is 7.17. The standard InChI is InChI=1S/C11H14F3NO/c1-9(2,3)8-6-7(15-16-8)10(4-5-10)11(12,13)14/h6H,4-5H2,1-3H3. The second-order valence-electron chi connectivity index (χ2n) is 5.41. The number of halogens is 3. The van der Waals surface area contributed by atoms with Crippen molar-refractivity contribution in [3.05, 3.63) is 17.5 Å². The Kier molecular flexibility index (Phi) is 2.17. The first kappa shape index (κ1) is 11.5. The molecule has 1 aromatic rings. The molecule has 2 nitrogen and oxygen atoms in total. The predicted octanol–water partition coefficient (Wildman–Crippen LogP) is 3.57. The van der Waals surface area contributed by atoms with E-state index in [9.17, 15) is 13.2 Å². The molecule has 90 valence electrons. The van der Waals surface area contributed by atoms with Gasteiger partial charge in [0.05, 0.1) is 5.69 Å². The summed E-state index contributed by atoms with van der Waals surface area (Å²) >= 11 is 0. The SMILES string of the molecule is CC(C)(C)c1cc(C2(C(F)(F)F)CC2)no1. The molecule has 0 unspecified atom stereocenters. The molecule has 0 N–H and O–H groups in total. The normalized spacial score (nSPS) is 19.9. The molecule has 1 aliphatic rings. The summed E-state index contributed by atoms with van der Waals surface area (Å²) in [6, 6.07) is 1.44. The van der Waals surface area contributed by atoms with Gasteiger partial charge in [-0.25, -0.2) is 0 Å². The highest BCUT2D eigenvalue weighted by molar-refractivity contribution is 5.29. The third-order valence-corrected chi connectivity index (χ3v) is 3.03. The van der Waals surface area contributed by atoms with Gasteiger partial charge in [0.1, 0.15) is 11.2 Å². The second kappa shape index (κ2) is 3.02. The van der Waals surface area contributed by atoms with Gasteiger partial charge in [-0.3, -0.25) is 0 Å². The van der Waals surface area contributed by atoms with Crippen molar-refractivity contribution >= 4 is 0 Å². The summed E-state index contributed by atoms with van der Waals surface area (Å²) in [7, 11) is 0. The van der Waals surface area contributed by atoms with Crippen LogP contribution in [0.5, 0.6) is 0 Å². The maximum Gasteiger partial charge on any atom is 0.400 e. The van der Waals surface area contributed by atoms with Crippen LogP contribution in [0, 0.1) is 0 Å². The molecule has 0 saturated heterocycles. The van der Waals surface area contributed by atoms with Gasteiger partial charge in [-0.15, -0.1) is 0 Å².